The van der Waals surface area contributed by atoms with Gasteiger partial charge in [0.15, 0.2) is 6.73 Å². The third kappa shape index (κ3) is 3.46. The van der Waals surface area contributed by atoms with Crippen molar-refractivity contribution in [2.24, 2.45) is 4.99 Å². The Kier molecular flexibility index (Phi) is 3.35. The zero-order valence-electron chi connectivity index (χ0n) is 5.39. The Bertz CT molecular complexity index is 140. The molecule has 0 amide bonds. The van der Waals surface area contributed by atoms with E-state index in [1.165, 1.54) is 0 Å². The second-order valence-electron chi connectivity index (χ2n) is 1.56. The van der Waals surface area contributed by atoms with Crippen LogP contribution in [0.4, 0.5) is 0 Å². The van der Waals surface area contributed by atoms with Gasteiger partial charge in [0, 0.05) is 5.57 Å². The summed E-state index contributed by atoms with van der Waals surface area (Å²) in [5.41, 5.74) is 0.374. The first-order valence-corrected chi connectivity index (χ1v) is 2.43. The molecule has 0 unspecified atom stereocenters. The normalized spacial score (nSPS) is 8.11. The van der Waals surface area contributed by atoms with Crippen molar-refractivity contribution >= 4 is 12.7 Å². The maximum absolute atomic E-state index is 10.5. The lowest BCUT2D eigenvalue weighted by atomic mass is 10.4. The maximum Gasteiger partial charge on any atom is 0.334 e. The molecule has 0 aromatic carbocycles. The van der Waals surface area contributed by atoms with Gasteiger partial charge in [-0.2, -0.15) is 0 Å². The molecule has 0 atom stereocenters. The highest BCUT2D eigenvalue weighted by Gasteiger charge is 1.99. The van der Waals surface area contributed by atoms with Crippen molar-refractivity contribution in [2.75, 3.05) is 6.73 Å². The first-order chi connectivity index (χ1) is 4.18. The first kappa shape index (κ1) is 7.88. The molecule has 3 heteroatoms. The molecular formula is C6H9NO2. The van der Waals surface area contributed by atoms with Gasteiger partial charge in [0.1, 0.15) is 0 Å². The summed E-state index contributed by atoms with van der Waals surface area (Å²) in [6, 6.07) is 0. The SMILES string of the molecule is C=NCOC(=O)C(=C)C. The average molecular weight is 127 g/mol. The van der Waals surface area contributed by atoms with Crippen LogP contribution in [-0.2, 0) is 9.53 Å². The van der Waals surface area contributed by atoms with Crippen LogP contribution in [0.3, 0.4) is 0 Å². The van der Waals surface area contributed by atoms with E-state index in [2.05, 4.69) is 23.0 Å². The van der Waals surface area contributed by atoms with E-state index in [0.717, 1.165) is 0 Å². The van der Waals surface area contributed by atoms with E-state index < -0.39 is 5.97 Å². The van der Waals surface area contributed by atoms with Crippen LogP contribution >= 0.6 is 0 Å². The largest absolute Gasteiger partial charge is 0.439 e. The van der Waals surface area contributed by atoms with Gasteiger partial charge in [-0.25, -0.2) is 4.79 Å². The van der Waals surface area contributed by atoms with Gasteiger partial charge in [-0.3, -0.25) is 4.99 Å². The number of hydrogen-bond donors (Lipinski definition) is 0. The molecule has 0 fully saturated rings. The maximum atomic E-state index is 10.5. The molecule has 0 saturated carbocycles. The Labute approximate surface area is 54.0 Å². The van der Waals surface area contributed by atoms with Crippen molar-refractivity contribution in [1.29, 1.82) is 0 Å². The molecule has 0 heterocycles. The number of nitrogens with zero attached hydrogens (tertiary/aromatic N) is 1. The Morgan fingerprint density at radius 1 is 1.78 bits per heavy atom. The van der Waals surface area contributed by atoms with Crippen LogP contribution in [0.15, 0.2) is 17.1 Å². The molecule has 0 bridgehead atoms. The lowest BCUT2D eigenvalue weighted by molar-refractivity contribution is -0.138. The Morgan fingerprint density at radius 3 is 2.67 bits per heavy atom. The molecule has 0 aliphatic rings. The van der Waals surface area contributed by atoms with Crippen LogP contribution in [0.2, 0.25) is 0 Å². The fourth-order valence-corrected chi connectivity index (χ4v) is 0.227. The van der Waals surface area contributed by atoms with Gasteiger partial charge in [0.05, 0.1) is 0 Å². The van der Waals surface area contributed by atoms with Crippen LogP contribution < -0.4 is 0 Å². The van der Waals surface area contributed by atoms with Crippen LogP contribution in [0, 0.1) is 0 Å². The van der Waals surface area contributed by atoms with E-state index in [1.807, 2.05) is 0 Å². The van der Waals surface area contributed by atoms with E-state index in [-0.39, 0.29) is 6.73 Å². The summed E-state index contributed by atoms with van der Waals surface area (Å²) in [6.45, 7) is 8.09. The Balaban J connectivity index is 3.51. The van der Waals surface area contributed by atoms with Gasteiger partial charge >= 0.3 is 5.97 Å². The van der Waals surface area contributed by atoms with E-state index in [0.29, 0.717) is 5.57 Å². The molecule has 0 aromatic heterocycles. The highest BCUT2D eigenvalue weighted by molar-refractivity contribution is 5.86. The third-order valence-electron chi connectivity index (χ3n) is 0.635. The molecule has 0 aromatic rings. The standard InChI is InChI=1S/C6H9NO2/c1-5(2)6(8)9-4-7-3/h1,3-4H2,2H3. The van der Waals surface area contributed by atoms with Crippen molar-refractivity contribution in [3.63, 3.8) is 0 Å². The first-order valence-electron chi connectivity index (χ1n) is 2.43. The Morgan fingerprint density at radius 2 is 2.33 bits per heavy atom. The van der Waals surface area contributed by atoms with Gasteiger partial charge in [0.2, 0.25) is 0 Å². The lowest BCUT2D eigenvalue weighted by Crippen LogP contribution is -2.04. The minimum absolute atomic E-state index is 0.00565. The monoisotopic (exact) mass is 127 g/mol. The van der Waals surface area contributed by atoms with E-state index in [9.17, 15) is 4.79 Å². The fourth-order valence-electron chi connectivity index (χ4n) is 0.227. The number of carbonyl (C=O) groups is 1. The average Bonchev–Trinajstić information content (AvgIpc) is 1.82. The lowest BCUT2D eigenvalue weighted by Gasteiger charge is -1.97. The van der Waals surface area contributed by atoms with Gasteiger partial charge in [-0.05, 0) is 13.6 Å². The minimum atomic E-state index is -0.428. The summed E-state index contributed by atoms with van der Waals surface area (Å²) in [7, 11) is 0. The van der Waals surface area contributed by atoms with Crippen LogP contribution in [-0.4, -0.2) is 19.4 Å². The van der Waals surface area contributed by atoms with Crippen molar-refractivity contribution < 1.29 is 9.53 Å². The molecule has 0 aliphatic heterocycles. The summed E-state index contributed by atoms with van der Waals surface area (Å²) in [5.74, 6) is -0.428. The molecule has 3 nitrogen and oxygen atoms in total. The van der Waals surface area contributed by atoms with Crippen molar-refractivity contribution in [2.45, 2.75) is 6.92 Å². The number of esters is 1. The number of hydrogen-bond acceptors (Lipinski definition) is 3. The van der Waals surface area contributed by atoms with E-state index in [1.54, 1.807) is 6.92 Å². The summed E-state index contributed by atoms with van der Waals surface area (Å²) < 4.78 is 4.48. The number of rotatable bonds is 3. The fraction of sp³-hybridized carbons (Fsp3) is 0.333. The summed E-state index contributed by atoms with van der Waals surface area (Å²) in [4.78, 5) is 13.8. The molecule has 0 N–H and O–H groups in total. The van der Waals surface area contributed by atoms with Crippen molar-refractivity contribution in [1.82, 2.24) is 0 Å². The van der Waals surface area contributed by atoms with Gasteiger partial charge in [-0.1, -0.05) is 6.58 Å². The van der Waals surface area contributed by atoms with Crippen LogP contribution in [0.25, 0.3) is 0 Å². The third-order valence-corrected chi connectivity index (χ3v) is 0.635. The predicted octanol–water partition coefficient (Wildman–Crippen LogP) is 0.764. The molecule has 0 spiro atoms. The minimum Gasteiger partial charge on any atom is -0.439 e. The van der Waals surface area contributed by atoms with Gasteiger partial charge < -0.3 is 4.74 Å². The van der Waals surface area contributed by atoms with Crippen molar-refractivity contribution in [3.8, 4) is 0 Å². The Hall–Kier alpha value is -1.12. The highest BCUT2D eigenvalue weighted by Crippen LogP contribution is 1.90. The molecule has 9 heavy (non-hydrogen) atoms. The zero-order chi connectivity index (χ0) is 7.28. The number of aliphatic imine (C=N–C) groups is 1. The summed E-state index contributed by atoms with van der Waals surface area (Å²) in [6.07, 6.45) is 0. The zero-order valence-corrected chi connectivity index (χ0v) is 5.39. The van der Waals surface area contributed by atoms with Crippen LogP contribution in [0.5, 0.6) is 0 Å². The predicted molar refractivity (Wildman–Crippen MR) is 35.3 cm³/mol. The molecule has 0 rings (SSSR count). The summed E-state index contributed by atoms with van der Waals surface area (Å²) >= 11 is 0. The van der Waals surface area contributed by atoms with Gasteiger partial charge in [-0.15, -0.1) is 0 Å². The molecule has 0 saturated heterocycles. The van der Waals surface area contributed by atoms with Crippen LogP contribution in [0.1, 0.15) is 6.92 Å². The number of carbonyl (C=O) groups excluding carboxylic acids is 1. The van der Waals surface area contributed by atoms with E-state index >= 15 is 0 Å². The molecule has 0 radical (unpaired) electrons. The molecule has 0 aliphatic carbocycles. The van der Waals surface area contributed by atoms with Crippen molar-refractivity contribution in [3.05, 3.63) is 12.2 Å². The second kappa shape index (κ2) is 3.83. The quantitative estimate of drug-likeness (QED) is 0.319. The number of ether oxygens (including phenoxy) is 1. The highest BCUT2D eigenvalue weighted by atomic mass is 16.5. The topological polar surface area (TPSA) is 38.7 Å². The molecular weight excluding hydrogens is 118 g/mol. The summed E-state index contributed by atoms with van der Waals surface area (Å²) in [5, 5.41) is 0. The second-order valence-corrected chi connectivity index (χ2v) is 1.56. The van der Waals surface area contributed by atoms with Gasteiger partial charge in [0.25, 0.3) is 0 Å². The molecule has 50 valence electrons. The van der Waals surface area contributed by atoms with E-state index in [4.69, 9.17) is 0 Å². The smallest absolute Gasteiger partial charge is 0.334 e.